The molecule has 0 bridgehead atoms. The van der Waals surface area contributed by atoms with Crippen molar-refractivity contribution in [3.63, 3.8) is 0 Å². The number of carbonyl (C=O) groups is 1. The predicted molar refractivity (Wildman–Crippen MR) is 89.2 cm³/mol. The van der Waals surface area contributed by atoms with E-state index < -0.39 is 0 Å². The van der Waals surface area contributed by atoms with E-state index in [4.69, 9.17) is 10.00 Å². The molecule has 2 rings (SSSR count). The fourth-order valence-corrected chi connectivity index (χ4v) is 3.08. The van der Waals surface area contributed by atoms with Crippen LogP contribution in [0.2, 0.25) is 0 Å². The van der Waals surface area contributed by atoms with E-state index in [2.05, 4.69) is 6.07 Å². The van der Waals surface area contributed by atoms with Gasteiger partial charge in [-0.1, -0.05) is 12.1 Å². The molecule has 2 aromatic carbocycles. The predicted octanol–water partition coefficient (Wildman–Crippen LogP) is 4.20. The fraction of sp³-hybridized carbons (Fsp3) is 0.222. The number of hydrogen-bond donors (Lipinski definition) is 0. The van der Waals surface area contributed by atoms with Crippen molar-refractivity contribution in [1.29, 1.82) is 5.26 Å². The number of ketones is 1. The van der Waals surface area contributed by atoms with Crippen LogP contribution in [0.4, 0.5) is 0 Å². The minimum atomic E-state index is 0.0515. The highest BCUT2D eigenvalue weighted by atomic mass is 32.2. The summed E-state index contributed by atoms with van der Waals surface area (Å²) in [4.78, 5) is 11.5. The van der Waals surface area contributed by atoms with Crippen molar-refractivity contribution in [2.75, 3.05) is 7.11 Å². The van der Waals surface area contributed by atoms with Gasteiger partial charge < -0.3 is 4.74 Å². The van der Waals surface area contributed by atoms with Gasteiger partial charge in [-0.05, 0) is 42.8 Å². The summed E-state index contributed by atoms with van der Waals surface area (Å²) < 4.78 is 5.35. The van der Waals surface area contributed by atoms with Crippen LogP contribution in [0.1, 0.15) is 34.0 Å². The van der Waals surface area contributed by atoms with Crippen molar-refractivity contribution in [3.05, 3.63) is 64.7 Å². The minimum Gasteiger partial charge on any atom is -0.496 e. The number of Topliss-reactive ketones (excluding diaryl/α,β-unsaturated/α-hetero) is 1. The van der Waals surface area contributed by atoms with Gasteiger partial charge in [0.15, 0.2) is 5.78 Å². The molecule has 112 valence electrons. The molecule has 0 aliphatic carbocycles. The molecule has 0 N–H and O–H groups in total. The van der Waals surface area contributed by atoms with E-state index in [0.29, 0.717) is 11.1 Å². The van der Waals surface area contributed by atoms with Gasteiger partial charge in [-0.3, -0.25) is 4.79 Å². The Morgan fingerprint density at radius 2 is 2.05 bits per heavy atom. The third-order valence-corrected chi connectivity index (χ3v) is 4.32. The van der Waals surface area contributed by atoms with Crippen LogP contribution < -0.4 is 4.74 Å². The first-order valence-electron chi connectivity index (χ1n) is 6.88. The second-order valence-electron chi connectivity index (χ2n) is 4.89. The molecule has 0 radical (unpaired) electrons. The first kappa shape index (κ1) is 16.1. The molecule has 4 heteroatoms. The molecule has 0 spiro atoms. The van der Waals surface area contributed by atoms with Crippen molar-refractivity contribution in [3.8, 4) is 11.8 Å². The number of hydrogen-bond acceptors (Lipinski definition) is 4. The lowest BCUT2D eigenvalue weighted by Crippen LogP contribution is -1.97. The van der Waals surface area contributed by atoms with Crippen molar-refractivity contribution in [2.45, 2.75) is 18.4 Å². The van der Waals surface area contributed by atoms with Crippen LogP contribution in [0.5, 0.6) is 5.75 Å². The zero-order valence-corrected chi connectivity index (χ0v) is 13.4. The maximum absolute atomic E-state index is 11.5. The minimum absolute atomic E-state index is 0.0515. The van der Waals surface area contributed by atoms with Gasteiger partial charge in [0, 0.05) is 22.6 Å². The van der Waals surface area contributed by atoms with Crippen LogP contribution in [0.25, 0.3) is 0 Å². The smallest absolute Gasteiger partial charge is 0.159 e. The molecule has 0 aromatic heterocycles. The molecule has 0 saturated carbocycles. The van der Waals surface area contributed by atoms with E-state index in [1.807, 2.05) is 30.3 Å². The molecule has 0 aliphatic rings. The van der Waals surface area contributed by atoms with Gasteiger partial charge in [0.05, 0.1) is 18.7 Å². The molecule has 0 heterocycles. The Kier molecular flexibility index (Phi) is 5.62. The third kappa shape index (κ3) is 4.12. The zero-order valence-electron chi connectivity index (χ0n) is 12.6. The summed E-state index contributed by atoms with van der Waals surface area (Å²) in [5.74, 6) is 2.41. The maximum atomic E-state index is 11.5. The molecule has 2 aromatic rings. The number of thioether (sulfide) groups is 1. The van der Waals surface area contributed by atoms with Gasteiger partial charge in [-0.2, -0.15) is 17.0 Å². The van der Waals surface area contributed by atoms with Gasteiger partial charge in [0.25, 0.3) is 0 Å². The second kappa shape index (κ2) is 7.67. The Morgan fingerprint density at radius 1 is 1.23 bits per heavy atom. The van der Waals surface area contributed by atoms with Gasteiger partial charge in [0.2, 0.25) is 0 Å². The lowest BCUT2D eigenvalue weighted by Gasteiger charge is -2.10. The second-order valence-corrected chi connectivity index (χ2v) is 5.87. The van der Waals surface area contributed by atoms with E-state index in [-0.39, 0.29) is 5.78 Å². The molecule has 0 saturated heterocycles. The van der Waals surface area contributed by atoms with Crippen molar-refractivity contribution in [1.82, 2.24) is 0 Å². The lowest BCUT2D eigenvalue weighted by molar-refractivity contribution is 0.101. The Labute approximate surface area is 134 Å². The normalized spacial score (nSPS) is 10.0. The Balaban J connectivity index is 2.06. The number of nitrogens with zero attached hydrogens (tertiary/aromatic N) is 1. The van der Waals surface area contributed by atoms with E-state index in [0.717, 1.165) is 28.4 Å². The van der Waals surface area contributed by atoms with Gasteiger partial charge in [-0.25, -0.2) is 0 Å². The average Bonchev–Trinajstić information content (AvgIpc) is 2.55. The average molecular weight is 311 g/mol. The van der Waals surface area contributed by atoms with Crippen molar-refractivity contribution in [2.24, 2.45) is 0 Å². The summed E-state index contributed by atoms with van der Waals surface area (Å²) in [5.41, 5.74) is 3.50. The Morgan fingerprint density at radius 3 is 2.73 bits per heavy atom. The number of rotatable bonds is 6. The molecular formula is C18H17NO2S. The van der Waals surface area contributed by atoms with E-state index in [9.17, 15) is 4.79 Å². The van der Waals surface area contributed by atoms with Crippen LogP contribution in [0.15, 0.2) is 42.5 Å². The molecule has 0 unspecified atom stereocenters. The van der Waals surface area contributed by atoms with Crippen LogP contribution >= 0.6 is 11.8 Å². The summed E-state index contributed by atoms with van der Waals surface area (Å²) in [6.45, 7) is 1.56. The standard InChI is InChI=1S/C18H17NO2S/c1-13(20)16-6-7-18(21-2)17(9-16)12-22-11-15-5-3-4-14(8-15)10-19/h3-9H,11-12H2,1-2H3. The van der Waals surface area contributed by atoms with Gasteiger partial charge >= 0.3 is 0 Å². The first-order valence-corrected chi connectivity index (χ1v) is 8.04. The van der Waals surface area contributed by atoms with Crippen molar-refractivity contribution >= 4 is 17.5 Å². The highest BCUT2D eigenvalue weighted by Gasteiger charge is 2.07. The summed E-state index contributed by atoms with van der Waals surface area (Å²) in [5, 5.41) is 8.91. The van der Waals surface area contributed by atoms with Crippen LogP contribution in [-0.2, 0) is 11.5 Å². The molecule has 0 amide bonds. The summed E-state index contributed by atoms with van der Waals surface area (Å²) in [6.07, 6.45) is 0. The van der Waals surface area contributed by atoms with E-state index in [1.165, 1.54) is 0 Å². The summed E-state index contributed by atoms with van der Waals surface area (Å²) in [6, 6.07) is 15.3. The van der Waals surface area contributed by atoms with Gasteiger partial charge in [0.1, 0.15) is 5.75 Å². The van der Waals surface area contributed by atoms with Crippen LogP contribution in [0.3, 0.4) is 0 Å². The van der Waals surface area contributed by atoms with Gasteiger partial charge in [-0.15, -0.1) is 0 Å². The molecular weight excluding hydrogens is 294 g/mol. The highest BCUT2D eigenvalue weighted by molar-refractivity contribution is 7.97. The third-order valence-electron chi connectivity index (χ3n) is 3.27. The molecule has 0 fully saturated rings. The quantitative estimate of drug-likeness (QED) is 0.750. The molecule has 22 heavy (non-hydrogen) atoms. The number of carbonyl (C=O) groups excluding carboxylic acids is 1. The monoisotopic (exact) mass is 311 g/mol. The lowest BCUT2D eigenvalue weighted by atomic mass is 10.1. The largest absolute Gasteiger partial charge is 0.496 e. The molecule has 3 nitrogen and oxygen atoms in total. The van der Waals surface area contributed by atoms with Crippen molar-refractivity contribution < 1.29 is 9.53 Å². The SMILES string of the molecule is COc1ccc(C(C)=O)cc1CSCc1cccc(C#N)c1. The summed E-state index contributed by atoms with van der Waals surface area (Å²) in [7, 11) is 1.63. The first-order chi connectivity index (χ1) is 10.6. The number of methoxy groups -OCH3 is 1. The number of benzene rings is 2. The molecule has 0 aliphatic heterocycles. The zero-order chi connectivity index (χ0) is 15.9. The topological polar surface area (TPSA) is 50.1 Å². The van der Waals surface area contributed by atoms with E-state index in [1.54, 1.807) is 37.9 Å². The van der Waals surface area contributed by atoms with Crippen LogP contribution in [0, 0.1) is 11.3 Å². The fourth-order valence-electron chi connectivity index (χ4n) is 2.12. The Bertz CT molecular complexity index is 719. The molecule has 0 atom stereocenters. The highest BCUT2D eigenvalue weighted by Crippen LogP contribution is 2.26. The Hall–Kier alpha value is -2.25. The summed E-state index contributed by atoms with van der Waals surface area (Å²) >= 11 is 1.73. The number of ether oxygens (including phenoxy) is 1. The maximum Gasteiger partial charge on any atom is 0.159 e. The van der Waals surface area contributed by atoms with E-state index >= 15 is 0 Å². The number of nitriles is 1. The van der Waals surface area contributed by atoms with Crippen LogP contribution in [-0.4, -0.2) is 12.9 Å².